The van der Waals surface area contributed by atoms with Crippen molar-refractivity contribution in [2.45, 2.75) is 31.2 Å². The van der Waals surface area contributed by atoms with Gasteiger partial charge in [-0.1, -0.05) is 17.7 Å². The van der Waals surface area contributed by atoms with Gasteiger partial charge in [0.1, 0.15) is 17.7 Å². The number of aromatic nitrogens is 2. The number of nitrogens with zero attached hydrogens (tertiary/aromatic N) is 3. The molecule has 1 aliphatic carbocycles. The molecule has 1 spiro atoms. The molecule has 0 unspecified atom stereocenters. The molecule has 8 nitrogen and oxygen atoms in total. The zero-order valence-corrected chi connectivity index (χ0v) is 21.1. The van der Waals surface area contributed by atoms with Gasteiger partial charge in [-0.05, 0) is 56.8 Å². The summed E-state index contributed by atoms with van der Waals surface area (Å²) in [4.78, 5) is 23.5. The van der Waals surface area contributed by atoms with Gasteiger partial charge < -0.3 is 20.1 Å². The molecule has 10 heteroatoms. The van der Waals surface area contributed by atoms with Crippen LogP contribution in [0.3, 0.4) is 0 Å². The summed E-state index contributed by atoms with van der Waals surface area (Å²) in [5.74, 6) is 1.46. The Labute approximate surface area is 214 Å². The number of rotatable bonds is 6. The molecule has 1 saturated heterocycles. The first kappa shape index (κ1) is 24.5. The van der Waals surface area contributed by atoms with Gasteiger partial charge in [0, 0.05) is 24.5 Å². The van der Waals surface area contributed by atoms with Crippen molar-refractivity contribution in [3.63, 3.8) is 0 Å². The molecule has 1 amide bonds. The molecule has 0 atom stereocenters. The number of benzene rings is 2. The number of methoxy groups -OCH3 is 1. The number of anilines is 2. The largest absolute Gasteiger partial charge is 0.493 e. The van der Waals surface area contributed by atoms with Gasteiger partial charge in [0.05, 0.1) is 29.9 Å². The Balaban J connectivity index is 1.34. The third-order valence-corrected chi connectivity index (χ3v) is 7.71. The Morgan fingerprint density at radius 3 is 2.81 bits per heavy atom. The number of hydrogen-bond acceptors (Lipinski definition) is 7. The fraction of sp³-hybridized carbons (Fsp3) is 0.423. The minimum absolute atomic E-state index is 0.0233. The van der Waals surface area contributed by atoms with Gasteiger partial charge in [0.25, 0.3) is 0 Å². The highest BCUT2D eigenvalue weighted by Crippen LogP contribution is 2.39. The average molecular weight is 514 g/mol. The monoisotopic (exact) mass is 513 g/mol. The van der Waals surface area contributed by atoms with Crippen molar-refractivity contribution in [1.29, 1.82) is 0 Å². The van der Waals surface area contributed by atoms with E-state index in [4.69, 9.17) is 21.1 Å². The molecule has 36 heavy (non-hydrogen) atoms. The van der Waals surface area contributed by atoms with E-state index >= 15 is 0 Å². The first-order valence-electron chi connectivity index (χ1n) is 12.1. The average Bonchev–Trinajstić information content (AvgIpc) is 2.89. The van der Waals surface area contributed by atoms with Gasteiger partial charge in [-0.25, -0.2) is 14.4 Å². The predicted octanol–water partition coefficient (Wildman–Crippen LogP) is 4.54. The number of piperazine rings is 1. The molecule has 5 rings (SSSR count). The Kier molecular flexibility index (Phi) is 6.85. The fourth-order valence-corrected chi connectivity index (χ4v) is 5.37. The Morgan fingerprint density at radius 1 is 1.25 bits per heavy atom. The lowest BCUT2D eigenvalue weighted by Gasteiger charge is -2.47. The van der Waals surface area contributed by atoms with E-state index in [0.717, 1.165) is 32.2 Å². The molecule has 2 heterocycles. The second-order valence-electron chi connectivity index (χ2n) is 9.43. The van der Waals surface area contributed by atoms with Crippen LogP contribution < -0.4 is 20.1 Å². The van der Waals surface area contributed by atoms with Crippen molar-refractivity contribution in [1.82, 2.24) is 20.2 Å². The number of amides is 1. The van der Waals surface area contributed by atoms with E-state index in [0.29, 0.717) is 47.3 Å². The molecule has 3 aromatic rings. The second-order valence-corrected chi connectivity index (χ2v) is 9.84. The summed E-state index contributed by atoms with van der Waals surface area (Å²) in [6, 6.07) is 8.34. The maximum absolute atomic E-state index is 14.5. The molecule has 190 valence electrons. The third-order valence-electron chi connectivity index (χ3n) is 7.42. The summed E-state index contributed by atoms with van der Waals surface area (Å²) >= 11 is 5.93. The summed E-state index contributed by atoms with van der Waals surface area (Å²) in [5.41, 5.74) is 0.446. The number of carbonyl (C=O) groups excluding carboxylic acids is 1. The van der Waals surface area contributed by atoms with Gasteiger partial charge in [-0.2, -0.15) is 0 Å². The summed E-state index contributed by atoms with van der Waals surface area (Å²) in [6.07, 6.45) is 4.83. The predicted molar refractivity (Wildman–Crippen MR) is 137 cm³/mol. The van der Waals surface area contributed by atoms with E-state index in [9.17, 15) is 9.18 Å². The van der Waals surface area contributed by atoms with E-state index in [1.807, 2.05) is 13.1 Å². The van der Waals surface area contributed by atoms with Crippen LogP contribution in [0.4, 0.5) is 15.9 Å². The van der Waals surface area contributed by atoms with Gasteiger partial charge in [0.15, 0.2) is 17.3 Å². The fourth-order valence-electron chi connectivity index (χ4n) is 5.19. The molecule has 1 aliphatic heterocycles. The lowest BCUT2D eigenvalue weighted by Crippen LogP contribution is -2.64. The highest BCUT2D eigenvalue weighted by Gasteiger charge is 2.46. The summed E-state index contributed by atoms with van der Waals surface area (Å²) < 4.78 is 26.3. The number of likely N-dealkylation sites (N-methyl/N-ethyl adjacent to an activating group) is 1. The molecular weight excluding hydrogens is 485 g/mol. The quantitative estimate of drug-likeness (QED) is 0.500. The van der Waals surface area contributed by atoms with Crippen LogP contribution in [0.2, 0.25) is 5.02 Å². The van der Waals surface area contributed by atoms with Crippen LogP contribution in [0.1, 0.15) is 25.7 Å². The number of carbonyl (C=O) groups is 1. The van der Waals surface area contributed by atoms with Gasteiger partial charge >= 0.3 is 0 Å². The summed E-state index contributed by atoms with van der Waals surface area (Å²) in [6.45, 7) is 2.08. The minimum Gasteiger partial charge on any atom is -0.493 e. The standard InChI is InChI=1S/C26H29ClFN5O3/c1-33-11-10-29-25(34)26(33)8-6-16(7-9-26)14-36-22-12-17-20(13-21(22)35-2)30-15-31-24(17)32-19-5-3-4-18(27)23(19)28/h3-5,12-13,15-16H,6-11,14H2,1-2H3,(H,29,34)(H,30,31,32). The topological polar surface area (TPSA) is 88.6 Å². The maximum atomic E-state index is 14.5. The van der Waals surface area contributed by atoms with Crippen molar-refractivity contribution >= 4 is 39.9 Å². The summed E-state index contributed by atoms with van der Waals surface area (Å²) in [5, 5.41) is 6.73. The van der Waals surface area contributed by atoms with Crippen LogP contribution in [-0.4, -0.2) is 60.2 Å². The van der Waals surface area contributed by atoms with E-state index < -0.39 is 11.4 Å². The van der Waals surface area contributed by atoms with Crippen LogP contribution in [0.5, 0.6) is 11.5 Å². The van der Waals surface area contributed by atoms with Gasteiger partial charge in [-0.3, -0.25) is 9.69 Å². The van der Waals surface area contributed by atoms with Gasteiger partial charge in [0.2, 0.25) is 5.91 Å². The van der Waals surface area contributed by atoms with E-state index in [2.05, 4.69) is 25.5 Å². The zero-order valence-electron chi connectivity index (χ0n) is 20.3. The van der Waals surface area contributed by atoms with E-state index in [1.54, 1.807) is 25.3 Å². The first-order chi connectivity index (χ1) is 17.4. The lowest BCUT2D eigenvalue weighted by atomic mass is 9.74. The van der Waals surface area contributed by atoms with E-state index in [1.165, 1.54) is 12.4 Å². The molecule has 2 N–H and O–H groups in total. The van der Waals surface area contributed by atoms with Crippen LogP contribution >= 0.6 is 11.6 Å². The highest BCUT2D eigenvalue weighted by atomic mass is 35.5. The van der Waals surface area contributed by atoms with Crippen LogP contribution in [-0.2, 0) is 4.79 Å². The Hall–Kier alpha value is -3.17. The van der Waals surface area contributed by atoms with Crippen molar-refractivity contribution in [2.75, 3.05) is 39.2 Å². The summed E-state index contributed by atoms with van der Waals surface area (Å²) in [7, 11) is 3.62. The van der Waals surface area contributed by atoms with Gasteiger partial charge in [-0.15, -0.1) is 0 Å². The number of hydrogen-bond donors (Lipinski definition) is 2. The number of ether oxygens (including phenoxy) is 2. The zero-order chi connectivity index (χ0) is 25.3. The number of nitrogens with one attached hydrogen (secondary N) is 2. The third kappa shape index (κ3) is 4.53. The van der Waals surface area contributed by atoms with Crippen LogP contribution in [0, 0.1) is 11.7 Å². The van der Waals surface area contributed by atoms with Crippen molar-refractivity contribution in [3.05, 3.63) is 47.5 Å². The second kappa shape index (κ2) is 10.1. The number of fused-ring (bicyclic) bond motifs is 1. The van der Waals surface area contributed by atoms with Crippen molar-refractivity contribution in [2.24, 2.45) is 5.92 Å². The lowest BCUT2D eigenvalue weighted by molar-refractivity contribution is -0.139. The van der Waals surface area contributed by atoms with E-state index in [-0.39, 0.29) is 16.6 Å². The molecule has 2 aliphatic rings. The van der Waals surface area contributed by atoms with Crippen LogP contribution in [0.15, 0.2) is 36.7 Å². The highest BCUT2D eigenvalue weighted by molar-refractivity contribution is 6.31. The maximum Gasteiger partial charge on any atom is 0.240 e. The van der Waals surface area contributed by atoms with Crippen molar-refractivity contribution in [3.8, 4) is 11.5 Å². The smallest absolute Gasteiger partial charge is 0.240 e. The molecule has 1 saturated carbocycles. The van der Waals surface area contributed by atoms with Crippen LogP contribution in [0.25, 0.3) is 10.9 Å². The molecule has 0 radical (unpaired) electrons. The normalized spacial score (nSPS) is 22.4. The van der Waals surface area contributed by atoms with Crippen molar-refractivity contribution < 1.29 is 18.7 Å². The SMILES string of the molecule is COc1cc2ncnc(Nc3cccc(Cl)c3F)c2cc1OCC1CCC2(CC1)C(=O)NCCN2C. The molecular formula is C26H29ClFN5O3. The number of halogens is 2. The Bertz CT molecular complexity index is 1280. The molecule has 0 bridgehead atoms. The first-order valence-corrected chi connectivity index (χ1v) is 12.5. The molecule has 2 fully saturated rings. The Morgan fingerprint density at radius 2 is 2.06 bits per heavy atom. The molecule has 1 aromatic heterocycles. The molecule has 2 aromatic carbocycles. The minimum atomic E-state index is -0.553.